The van der Waals surface area contributed by atoms with E-state index in [2.05, 4.69) is 22.2 Å². The van der Waals surface area contributed by atoms with Crippen LogP contribution in [-0.4, -0.2) is 26.7 Å². The SMILES string of the molecule is C=C(NNC(=O)c1ccc(OC)c(OC)c1)c1ccc(OC(F)F)cc1. The predicted octanol–water partition coefficient (Wildman–Crippen LogP) is 3.21. The van der Waals surface area contributed by atoms with Gasteiger partial charge in [0.1, 0.15) is 5.75 Å². The Bertz CT molecular complexity index is 779. The number of methoxy groups -OCH3 is 2. The summed E-state index contributed by atoms with van der Waals surface area (Å²) in [7, 11) is 2.97. The van der Waals surface area contributed by atoms with Crippen LogP contribution in [0.2, 0.25) is 0 Å². The second kappa shape index (κ2) is 8.70. The van der Waals surface area contributed by atoms with E-state index in [1.165, 1.54) is 44.6 Å². The van der Waals surface area contributed by atoms with Gasteiger partial charge in [-0.2, -0.15) is 8.78 Å². The van der Waals surface area contributed by atoms with Gasteiger partial charge in [-0.1, -0.05) is 6.58 Å². The van der Waals surface area contributed by atoms with Gasteiger partial charge in [-0.3, -0.25) is 15.6 Å². The van der Waals surface area contributed by atoms with Gasteiger partial charge in [0.05, 0.1) is 19.9 Å². The normalized spacial score (nSPS) is 10.2. The first-order valence-corrected chi connectivity index (χ1v) is 7.47. The molecule has 2 N–H and O–H groups in total. The topological polar surface area (TPSA) is 68.8 Å². The van der Waals surface area contributed by atoms with Crippen molar-refractivity contribution < 1.29 is 27.8 Å². The minimum absolute atomic E-state index is 0.0333. The van der Waals surface area contributed by atoms with Crippen LogP contribution in [0.4, 0.5) is 8.78 Å². The Kier molecular flexibility index (Phi) is 6.37. The highest BCUT2D eigenvalue weighted by Gasteiger charge is 2.11. The molecule has 2 aromatic carbocycles. The molecule has 1 amide bonds. The van der Waals surface area contributed by atoms with Gasteiger partial charge in [0, 0.05) is 5.56 Å². The van der Waals surface area contributed by atoms with E-state index in [0.29, 0.717) is 28.3 Å². The Morgan fingerprint density at radius 3 is 2.15 bits per heavy atom. The van der Waals surface area contributed by atoms with Crippen molar-refractivity contribution in [1.29, 1.82) is 0 Å². The van der Waals surface area contributed by atoms with Crippen LogP contribution in [0, 0.1) is 0 Å². The van der Waals surface area contributed by atoms with Gasteiger partial charge in [0.15, 0.2) is 11.5 Å². The number of carbonyl (C=O) groups excluding carboxylic acids is 1. The lowest BCUT2D eigenvalue weighted by Gasteiger charge is -2.13. The van der Waals surface area contributed by atoms with Crippen molar-refractivity contribution in [2.75, 3.05) is 14.2 Å². The Morgan fingerprint density at radius 1 is 0.962 bits per heavy atom. The van der Waals surface area contributed by atoms with Crippen molar-refractivity contribution in [3.05, 3.63) is 60.2 Å². The highest BCUT2D eigenvalue weighted by atomic mass is 19.3. The first-order chi connectivity index (χ1) is 12.4. The lowest BCUT2D eigenvalue weighted by molar-refractivity contribution is -0.0498. The summed E-state index contributed by atoms with van der Waals surface area (Å²) in [4.78, 5) is 12.2. The first kappa shape index (κ1) is 19.0. The Balaban J connectivity index is 1.97. The Hall–Kier alpha value is -3.29. The van der Waals surface area contributed by atoms with Crippen molar-refractivity contribution >= 4 is 11.6 Å². The number of alkyl halides is 2. The molecule has 0 unspecified atom stereocenters. The molecule has 6 nitrogen and oxygen atoms in total. The lowest BCUT2D eigenvalue weighted by Crippen LogP contribution is -2.35. The third-order valence-electron chi connectivity index (χ3n) is 3.40. The summed E-state index contributed by atoms with van der Waals surface area (Å²) in [5.74, 6) is 0.553. The fourth-order valence-electron chi connectivity index (χ4n) is 2.09. The van der Waals surface area contributed by atoms with E-state index in [9.17, 15) is 13.6 Å². The third-order valence-corrected chi connectivity index (χ3v) is 3.40. The molecule has 2 aromatic rings. The van der Waals surface area contributed by atoms with Crippen LogP contribution in [0.25, 0.3) is 5.70 Å². The average Bonchev–Trinajstić information content (AvgIpc) is 2.65. The number of ether oxygens (including phenoxy) is 3. The first-order valence-electron chi connectivity index (χ1n) is 7.47. The quantitative estimate of drug-likeness (QED) is 0.704. The molecule has 0 atom stereocenters. The van der Waals surface area contributed by atoms with Gasteiger partial charge in [0.25, 0.3) is 5.91 Å². The van der Waals surface area contributed by atoms with Gasteiger partial charge < -0.3 is 14.2 Å². The second-order valence-corrected chi connectivity index (χ2v) is 5.03. The van der Waals surface area contributed by atoms with E-state index in [-0.39, 0.29) is 5.75 Å². The van der Waals surface area contributed by atoms with Gasteiger partial charge >= 0.3 is 6.61 Å². The molecule has 0 saturated carbocycles. The standard InChI is InChI=1S/C18H18F2N2O4/c1-11(12-4-7-14(8-5-12)26-18(19)20)21-22-17(23)13-6-9-15(24-2)16(10-13)25-3/h4-10,18,21H,1H2,2-3H3,(H,22,23). The summed E-state index contributed by atoms with van der Waals surface area (Å²) in [6, 6.07) is 10.6. The molecule has 0 bridgehead atoms. The predicted molar refractivity (Wildman–Crippen MR) is 92.3 cm³/mol. The highest BCUT2D eigenvalue weighted by Crippen LogP contribution is 2.27. The van der Waals surface area contributed by atoms with Crippen LogP contribution in [0.15, 0.2) is 49.0 Å². The van der Waals surface area contributed by atoms with Crippen LogP contribution in [0.3, 0.4) is 0 Å². The van der Waals surface area contributed by atoms with Crippen LogP contribution < -0.4 is 25.1 Å². The number of hydrogen-bond donors (Lipinski definition) is 2. The number of benzene rings is 2. The summed E-state index contributed by atoms with van der Waals surface area (Å²) in [6.07, 6.45) is 0. The van der Waals surface area contributed by atoms with Gasteiger partial charge in [-0.15, -0.1) is 0 Å². The van der Waals surface area contributed by atoms with Gasteiger partial charge in [-0.05, 0) is 48.0 Å². The Morgan fingerprint density at radius 2 is 1.58 bits per heavy atom. The molecular weight excluding hydrogens is 346 g/mol. The van der Waals surface area contributed by atoms with Gasteiger partial charge in [0.2, 0.25) is 0 Å². The fraction of sp³-hybridized carbons (Fsp3) is 0.167. The number of rotatable bonds is 8. The average molecular weight is 364 g/mol. The zero-order valence-electron chi connectivity index (χ0n) is 14.2. The van der Waals surface area contributed by atoms with Crippen LogP contribution in [0.5, 0.6) is 17.2 Å². The molecule has 0 heterocycles. The molecule has 0 aliphatic heterocycles. The summed E-state index contributed by atoms with van der Waals surface area (Å²) in [5.41, 5.74) is 6.49. The van der Waals surface area contributed by atoms with E-state index in [0.717, 1.165) is 0 Å². The molecule has 0 fully saturated rings. The number of amides is 1. The summed E-state index contributed by atoms with van der Waals surface area (Å²) in [5, 5.41) is 0. The molecule has 26 heavy (non-hydrogen) atoms. The molecule has 0 spiro atoms. The molecular formula is C18H18F2N2O4. The molecule has 0 saturated heterocycles. The van der Waals surface area contributed by atoms with Crippen molar-refractivity contribution in [3.8, 4) is 17.2 Å². The molecule has 0 aliphatic rings. The maximum absolute atomic E-state index is 12.2. The monoisotopic (exact) mass is 364 g/mol. The molecule has 0 radical (unpaired) electrons. The van der Waals surface area contributed by atoms with Crippen molar-refractivity contribution in [1.82, 2.24) is 10.9 Å². The number of hydrazine groups is 1. The van der Waals surface area contributed by atoms with Crippen LogP contribution in [-0.2, 0) is 0 Å². The summed E-state index contributed by atoms with van der Waals surface area (Å²) in [6.45, 7) is 0.897. The van der Waals surface area contributed by atoms with E-state index in [1.807, 2.05) is 0 Å². The second-order valence-electron chi connectivity index (χ2n) is 5.03. The van der Waals surface area contributed by atoms with Crippen molar-refractivity contribution in [3.63, 3.8) is 0 Å². The highest BCUT2D eigenvalue weighted by molar-refractivity contribution is 5.95. The van der Waals surface area contributed by atoms with Crippen LogP contribution >= 0.6 is 0 Å². The maximum atomic E-state index is 12.2. The Labute approximate surface area is 149 Å². The smallest absolute Gasteiger partial charge is 0.387 e. The molecule has 138 valence electrons. The minimum Gasteiger partial charge on any atom is -0.493 e. The van der Waals surface area contributed by atoms with E-state index >= 15 is 0 Å². The number of carbonyl (C=O) groups is 1. The third kappa shape index (κ3) is 4.85. The number of nitrogens with one attached hydrogen (secondary N) is 2. The van der Waals surface area contributed by atoms with E-state index in [4.69, 9.17) is 9.47 Å². The van der Waals surface area contributed by atoms with Crippen molar-refractivity contribution in [2.24, 2.45) is 0 Å². The summed E-state index contributed by atoms with van der Waals surface area (Å²) >= 11 is 0. The van der Waals surface area contributed by atoms with E-state index < -0.39 is 12.5 Å². The van der Waals surface area contributed by atoms with Crippen LogP contribution in [0.1, 0.15) is 15.9 Å². The molecule has 0 aliphatic carbocycles. The maximum Gasteiger partial charge on any atom is 0.387 e. The number of halogens is 2. The minimum atomic E-state index is -2.89. The molecule has 0 aromatic heterocycles. The lowest BCUT2D eigenvalue weighted by atomic mass is 10.1. The molecule has 2 rings (SSSR count). The summed E-state index contributed by atoms with van der Waals surface area (Å²) < 4.78 is 38.8. The zero-order chi connectivity index (χ0) is 19.1. The van der Waals surface area contributed by atoms with Crippen molar-refractivity contribution in [2.45, 2.75) is 6.61 Å². The van der Waals surface area contributed by atoms with E-state index in [1.54, 1.807) is 12.1 Å². The zero-order valence-corrected chi connectivity index (χ0v) is 14.2. The van der Waals surface area contributed by atoms with Gasteiger partial charge in [-0.25, -0.2) is 0 Å². The molecule has 8 heteroatoms. The number of hydrogen-bond acceptors (Lipinski definition) is 5. The largest absolute Gasteiger partial charge is 0.493 e. The fourth-order valence-corrected chi connectivity index (χ4v) is 2.09.